The first-order chi connectivity index (χ1) is 10.8. The Morgan fingerprint density at radius 2 is 1.83 bits per heavy atom. The molecule has 23 heavy (non-hydrogen) atoms. The summed E-state index contributed by atoms with van der Waals surface area (Å²) in [5.41, 5.74) is 0.933. The minimum atomic E-state index is -4.04. The van der Waals surface area contributed by atoms with Crippen molar-refractivity contribution in [1.29, 1.82) is 0 Å². The topological polar surface area (TPSA) is 46.6 Å². The molecule has 0 heterocycles. The van der Waals surface area contributed by atoms with E-state index in [1.807, 2.05) is 25.1 Å². The predicted octanol–water partition coefficient (Wildman–Crippen LogP) is 2.97. The number of hydrogen-bond donors (Lipinski definition) is 0. The minimum Gasteiger partial charge on any atom is -0.492 e. The minimum absolute atomic E-state index is 0.0352. The number of benzene rings is 2. The molecule has 0 unspecified atom stereocenters. The summed E-state index contributed by atoms with van der Waals surface area (Å²) >= 11 is 0. The lowest BCUT2D eigenvalue weighted by Crippen LogP contribution is -2.31. The Kier molecular flexibility index (Phi) is 5.33. The number of nitrogens with zero attached hydrogens (tertiary/aromatic N) is 1. The lowest BCUT2D eigenvalue weighted by Gasteiger charge is -2.18. The molecule has 124 valence electrons. The van der Waals surface area contributed by atoms with E-state index >= 15 is 0 Å². The first kappa shape index (κ1) is 17.4. The van der Waals surface area contributed by atoms with Crippen LogP contribution in [0, 0.1) is 18.6 Å². The fourth-order valence-electron chi connectivity index (χ4n) is 1.98. The molecule has 0 aromatic heterocycles. The largest absolute Gasteiger partial charge is 0.492 e. The van der Waals surface area contributed by atoms with E-state index in [4.69, 9.17) is 4.74 Å². The lowest BCUT2D eigenvalue weighted by molar-refractivity contribution is 0.285. The molecular formula is C16H17F2NO3S. The molecule has 0 bridgehead atoms. The molecule has 4 nitrogen and oxygen atoms in total. The molecule has 0 radical (unpaired) electrons. The summed E-state index contributed by atoms with van der Waals surface area (Å²) in [7, 11) is -2.72. The van der Waals surface area contributed by atoms with Gasteiger partial charge in [-0.3, -0.25) is 0 Å². The second kappa shape index (κ2) is 7.06. The third kappa shape index (κ3) is 4.05. The van der Waals surface area contributed by atoms with E-state index in [1.54, 1.807) is 6.07 Å². The van der Waals surface area contributed by atoms with E-state index < -0.39 is 26.6 Å². The zero-order valence-electron chi connectivity index (χ0n) is 12.8. The van der Waals surface area contributed by atoms with Crippen LogP contribution in [-0.2, 0) is 10.0 Å². The van der Waals surface area contributed by atoms with Crippen LogP contribution in [0.1, 0.15) is 5.56 Å². The molecule has 7 heteroatoms. The number of halogens is 2. The Labute approximate surface area is 134 Å². The SMILES string of the molecule is Cc1ccccc1OCCN(C)S(=O)(=O)c1ccc(F)cc1F. The highest BCUT2D eigenvalue weighted by molar-refractivity contribution is 7.89. The smallest absolute Gasteiger partial charge is 0.245 e. The Hall–Kier alpha value is -1.99. The Bertz CT molecular complexity index is 794. The summed E-state index contributed by atoms with van der Waals surface area (Å²) in [6, 6.07) is 9.72. The van der Waals surface area contributed by atoms with Gasteiger partial charge in [0.25, 0.3) is 0 Å². The molecule has 0 amide bonds. The van der Waals surface area contributed by atoms with Crippen molar-refractivity contribution in [3.8, 4) is 5.75 Å². The number of rotatable bonds is 6. The number of ether oxygens (including phenoxy) is 1. The number of para-hydroxylation sites is 1. The maximum atomic E-state index is 13.7. The van der Waals surface area contributed by atoms with Crippen LogP contribution in [0.5, 0.6) is 5.75 Å². The van der Waals surface area contributed by atoms with Crippen LogP contribution in [0.3, 0.4) is 0 Å². The number of hydrogen-bond acceptors (Lipinski definition) is 3. The molecule has 0 aliphatic carbocycles. The van der Waals surface area contributed by atoms with Crippen molar-refractivity contribution in [2.45, 2.75) is 11.8 Å². The van der Waals surface area contributed by atoms with Crippen LogP contribution in [0.25, 0.3) is 0 Å². The van der Waals surface area contributed by atoms with E-state index in [0.717, 1.165) is 22.0 Å². The number of sulfonamides is 1. The second-order valence-corrected chi connectivity index (χ2v) is 7.03. The first-order valence-electron chi connectivity index (χ1n) is 6.92. The van der Waals surface area contributed by atoms with Crippen LogP contribution >= 0.6 is 0 Å². The third-order valence-electron chi connectivity index (χ3n) is 3.34. The molecule has 0 saturated carbocycles. The standard InChI is InChI=1S/C16H17F2NO3S/c1-12-5-3-4-6-15(12)22-10-9-19(2)23(20,21)16-8-7-13(17)11-14(16)18/h3-8,11H,9-10H2,1-2H3. The van der Waals surface area contributed by atoms with Crippen molar-refractivity contribution < 1.29 is 21.9 Å². The molecule has 2 aromatic rings. The van der Waals surface area contributed by atoms with Gasteiger partial charge in [-0.2, -0.15) is 4.31 Å². The number of likely N-dealkylation sites (N-methyl/N-ethyl adjacent to an activating group) is 1. The fraction of sp³-hybridized carbons (Fsp3) is 0.250. The zero-order valence-corrected chi connectivity index (χ0v) is 13.6. The van der Waals surface area contributed by atoms with Crippen molar-refractivity contribution in [1.82, 2.24) is 4.31 Å². The van der Waals surface area contributed by atoms with Gasteiger partial charge in [0, 0.05) is 19.7 Å². The van der Waals surface area contributed by atoms with Crippen LogP contribution in [0.2, 0.25) is 0 Å². The van der Waals surface area contributed by atoms with Crippen LogP contribution in [-0.4, -0.2) is 32.9 Å². The number of aryl methyl sites for hydroxylation is 1. The summed E-state index contributed by atoms with van der Waals surface area (Å²) < 4.78 is 57.6. The van der Waals surface area contributed by atoms with Crippen molar-refractivity contribution in [2.75, 3.05) is 20.2 Å². The quantitative estimate of drug-likeness (QED) is 0.811. The van der Waals surface area contributed by atoms with E-state index in [-0.39, 0.29) is 13.2 Å². The molecule has 0 atom stereocenters. The monoisotopic (exact) mass is 341 g/mol. The molecule has 2 rings (SSSR count). The Morgan fingerprint density at radius 1 is 1.13 bits per heavy atom. The molecule has 0 aliphatic heterocycles. The fourth-order valence-corrected chi connectivity index (χ4v) is 3.17. The van der Waals surface area contributed by atoms with Crippen LogP contribution in [0.15, 0.2) is 47.4 Å². The van der Waals surface area contributed by atoms with Gasteiger partial charge in [-0.25, -0.2) is 17.2 Å². The molecule has 0 fully saturated rings. The highest BCUT2D eigenvalue weighted by Crippen LogP contribution is 2.20. The third-order valence-corrected chi connectivity index (χ3v) is 5.23. The Balaban J connectivity index is 2.04. The lowest BCUT2D eigenvalue weighted by atomic mass is 10.2. The van der Waals surface area contributed by atoms with E-state index in [0.29, 0.717) is 11.8 Å². The van der Waals surface area contributed by atoms with E-state index in [2.05, 4.69) is 0 Å². The average Bonchev–Trinajstić information content (AvgIpc) is 2.48. The summed E-state index contributed by atoms with van der Waals surface area (Å²) in [5.74, 6) is -1.28. The van der Waals surface area contributed by atoms with Gasteiger partial charge in [0.2, 0.25) is 10.0 Å². The van der Waals surface area contributed by atoms with Gasteiger partial charge < -0.3 is 4.74 Å². The van der Waals surface area contributed by atoms with Crippen molar-refractivity contribution in [3.63, 3.8) is 0 Å². The van der Waals surface area contributed by atoms with E-state index in [9.17, 15) is 17.2 Å². The normalized spacial score (nSPS) is 11.7. The summed E-state index contributed by atoms with van der Waals surface area (Å²) in [5, 5.41) is 0. The molecule has 2 aromatic carbocycles. The molecule has 0 saturated heterocycles. The van der Waals surface area contributed by atoms with Gasteiger partial charge in [-0.15, -0.1) is 0 Å². The molecule has 0 spiro atoms. The van der Waals surface area contributed by atoms with E-state index in [1.165, 1.54) is 7.05 Å². The summed E-state index contributed by atoms with van der Waals surface area (Å²) in [6.45, 7) is 2.03. The van der Waals surface area contributed by atoms with Crippen molar-refractivity contribution in [2.24, 2.45) is 0 Å². The Morgan fingerprint density at radius 3 is 2.48 bits per heavy atom. The highest BCUT2D eigenvalue weighted by Gasteiger charge is 2.24. The maximum Gasteiger partial charge on any atom is 0.245 e. The van der Waals surface area contributed by atoms with Gasteiger partial charge in [0.15, 0.2) is 0 Å². The second-order valence-electron chi connectivity index (χ2n) is 5.02. The highest BCUT2D eigenvalue weighted by atomic mass is 32.2. The van der Waals surface area contributed by atoms with Gasteiger partial charge in [-0.05, 0) is 30.7 Å². The van der Waals surface area contributed by atoms with Gasteiger partial charge >= 0.3 is 0 Å². The van der Waals surface area contributed by atoms with Gasteiger partial charge in [0.1, 0.15) is 28.9 Å². The van der Waals surface area contributed by atoms with Gasteiger partial charge in [0.05, 0.1) is 0 Å². The average molecular weight is 341 g/mol. The summed E-state index contributed by atoms with van der Waals surface area (Å²) in [4.78, 5) is -0.558. The summed E-state index contributed by atoms with van der Waals surface area (Å²) in [6.07, 6.45) is 0. The van der Waals surface area contributed by atoms with Crippen molar-refractivity contribution in [3.05, 3.63) is 59.7 Å². The van der Waals surface area contributed by atoms with Crippen LogP contribution in [0.4, 0.5) is 8.78 Å². The molecule has 0 N–H and O–H groups in total. The van der Waals surface area contributed by atoms with Crippen LogP contribution < -0.4 is 4.74 Å². The predicted molar refractivity (Wildman–Crippen MR) is 82.8 cm³/mol. The van der Waals surface area contributed by atoms with Crippen molar-refractivity contribution >= 4 is 10.0 Å². The zero-order chi connectivity index (χ0) is 17.0. The first-order valence-corrected chi connectivity index (χ1v) is 8.36. The molecule has 0 aliphatic rings. The van der Waals surface area contributed by atoms with Gasteiger partial charge in [-0.1, -0.05) is 18.2 Å². The molecular weight excluding hydrogens is 324 g/mol. The maximum absolute atomic E-state index is 13.7.